The van der Waals surface area contributed by atoms with E-state index in [1.807, 2.05) is 30.3 Å². The third-order valence-electron chi connectivity index (χ3n) is 3.94. The van der Waals surface area contributed by atoms with Gasteiger partial charge in [0.2, 0.25) is 0 Å². The molecule has 1 atom stereocenters. The van der Waals surface area contributed by atoms with E-state index in [0.717, 1.165) is 24.3 Å². The molecule has 1 aromatic rings. The summed E-state index contributed by atoms with van der Waals surface area (Å²) >= 11 is 0. The van der Waals surface area contributed by atoms with Crippen molar-refractivity contribution in [1.82, 2.24) is 0 Å². The molecule has 0 spiro atoms. The smallest absolute Gasteiger partial charge is 0.126 e. The van der Waals surface area contributed by atoms with Crippen molar-refractivity contribution in [3.05, 3.63) is 48.6 Å². The van der Waals surface area contributed by atoms with Crippen LogP contribution in [-0.4, -0.2) is 17.3 Å². The van der Waals surface area contributed by atoms with Crippen LogP contribution in [0.25, 0.3) is 6.08 Å². The van der Waals surface area contributed by atoms with Crippen LogP contribution in [0.2, 0.25) is 0 Å². The first-order valence-corrected chi connectivity index (χ1v) is 8.86. The Morgan fingerprint density at radius 2 is 1.74 bits per heavy atom. The van der Waals surface area contributed by atoms with Crippen LogP contribution in [0, 0.1) is 0 Å². The van der Waals surface area contributed by atoms with Gasteiger partial charge in [0, 0.05) is 5.56 Å². The summed E-state index contributed by atoms with van der Waals surface area (Å²) in [5.74, 6) is 0.870. The molecular formula is C21H32O2. The lowest BCUT2D eigenvalue weighted by molar-refractivity contribution is 0.165. The molecule has 1 N–H and O–H groups in total. The number of hydrogen-bond donors (Lipinski definition) is 1. The summed E-state index contributed by atoms with van der Waals surface area (Å²) in [6.07, 6.45) is 14.1. The minimum atomic E-state index is -0.994. The van der Waals surface area contributed by atoms with Crippen molar-refractivity contribution >= 4 is 6.08 Å². The van der Waals surface area contributed by atoms with E-state index in [1.54, 1.807) is 13.0 Å². The maximum atomic E-state index is 9.96. The van der Waals surface area contributed by atoms with Crippen LogP contribution < -0.4 is 4.74 Å². The summed E-state index contributed by atoms with van der Waals surface area (Å²) < 4.78 is 5.91. The van der Waals surface area contributed by atoms with Gasteiger partial charge in [-0.05, 0) is 25.5 Å². The molecule has 23 heavy (non-hydrogen) atoms. The van der Waals surface area contributed by atoms with Gasteiger partial charge in [0.15, 0.2) is 0 Å². The van der Waals surface area contributed by atoms with Crippen molar-refractivity contribution in [3.8, 4) is 5.75 Å². The molecule has 1 unspecified atom stereocenters. The van der Waals surface area contributed by atoms with Crippen LogP contribution in [0.1, 0.15) is 64.4 Å². The molecule has 0 saturated heterocycles. The highest BCUT2D eigenvalue weighted by Crippen LogP contribution is 2.21. The zero-order chi connectivity index (χ0) is 17.0. The van der Waals surface area contributed by atoms with Gasteiger partial charge in [-0.15, -0.1) is 0 Å². The Balaban J connectivity index is 2.38. The predicted molar refractivity (Wildman–Crippen MR) is 99.8 cm³/mol. The standard InChI is InChI=1S/C21H32O2/c1-4-6-7-8-9-10-13-18-23-20-15-12-11-14-19(20)16-17-21(3,22)5-2/h5,11-12,14-17,22H,2,4,6-10,13,18H2,1,3H3/b17-16+. The van der Waals surface area contributed by atoms with Crippen LogP contribution in [0.5, 0.6) is 5.75 Å². The Morgan fingerprint density at radius 3 is 2.43 bits per heavy atom. The Hall–Kier alpha value is -1.54. The summed E-state index contributed by atoms with van der Waals surface area (Å²) in [6.45, 7) is 8.33. The highest BCUT2D eigenvalue weighted by atomic mass is 16.5. The molecule has 2 nitrogen and oxygen atoms in total. The van der Waals surface area contributed by atoms with E-state index in [-0.39, 0.29) is 0 Å². The van der Waals surface area contributed by atoms with Crippen molar-refractivity contribution in [1.29, 1.82) is 0 Å². The molecular weight excluding hydrogens is 284 g/mol. The summed E-state index contributed by atoms with van der Waals surface area (Å²) in [4.78, 5) is 0. The minimum Gasteiger partial charge on any atom is -0.493 e. The molecule has 0 aliphatic rings. The fourth-order valence-electron chi connectivity index (χ4n) is 2.32. The first-order chi connectivity index (χ1) is 11.1. The fraction of sp³-hybridized carbons (Fsp3) is 0.524. The lowest BCUT2D eigenvalue weighted by atomic mass is 10.0. The summed E-state index contributed by atoms with van der Waals surface area (Å²) in [5.41, 5.74) is -0.0106. The SMILES string of the molecule is C=CC(C)(O)/C=C/c1ccccc1OCCCCCCCCC. The predicted octanol–water partition coefficient (Wildman–Crippen LogP) is 5.77. The molecule has 0 bridgehead atoms. The van der Waals surface area contributed by atoms with E-state index < -0.39 is 5.60 Å². The minimum absolute atomic E-state index is 0.747. The molecule has 0 aliphatic carbocycles. The van der Waals surface area contributed by atoms with Crippen molar-refractivity contribution in [3.63, 3.8) is 0 Å². The molecule has 0 aliphatic heterocycles. The molecule has 0 radical (unpaired) electrons. The second kappa shape index (κ2) is 11.1. The maximum Gasteiger partial charge on any atom is 0.126 e. The van der Waals surface area contributed by atoms with E-state index in [9.17, 15) is 5.11 Å². The monoisotopic (exact) mass is 316 g/mol. The first-order valence-electron chi connectivity index (χ1n) is 8.86. The van der Waals surface area contributed by atoms with E-state index in [0.29, 0.717) is 0 Å². The lowest BCUT2D eigenvalue weighted by Crippen LogP contribution is -2.15. The number of para-hydroxylation sites is 1. The zero-order valence-corrected chi connectivity index (χ0v) is 14.8. The van der Waals surface area contributed by atoms with E-state index >= 15 is 0 Å². The van der Waals surface area contributed by atoms with Gasteiger partial charge in [-0.3, -0.25) is 0 Å². The maximum absolute atomic E-state index is 9.96. The Morgan fingerprint density at radius 1 is 1.09 bits per heavy atom. The molecule has 0 amide bonds. The third-order valence-corrected chi connectivity index (χ3v) is 3.94. The Kier molecular flexibility index (Phi) is 9.39. The van der Waals surface area contributed by atoms with Gasteiger partial charge < -0.3 is 9.84 Å². The summed E-state index contributed by atoms with van der Waals surface area (Å²) in [6, 6.07) is 7.92. The van der Waals surface area contributed by atoms with E-state index in [4.69, 9.17) is 4.74 Å². The second-order valence-corrected chi connectivity index (χ2v) is 6.27. The molecule has 0 heterocycles. The lowest BCUT2D eigenvalue weighted by Gasteiger charge is -2.13. The molecule has 1 aromatic carbocycles. The summed E-state index contributed by atoms with van der Waals surface area (Å²) in [5, 5.41) is 9.96. The molecule has 128 valence electrons. The van der Waals surface area contributed by atoms with Gasteiger partial charge >= 0.3 is 0 Å². The van der Waals surface area contributed by atoms with Gasteiger partial charge in [-0.1, -0.05) is 82.4 Å². The van der Waals surface area contributed by atoms with Gasteiger partial charge in [0.05, 0.1) is 12.2 Å². The molecule has 0 fully saturated rings. The van der Waals surface area contributed by atoms with Gasteiger partial charge in [0.1, 0.15) is 5.75 Å². The third kappa shape index (κ3) is 8.61. The van der Waals surface area contributed by atoms with Crippen LogP contribution in [0.15, 0.2) is 43.0 Å². The van der Waals surface area contributed by atoms with Crippen LogP contribution in [0.3, 0.4) is 0 Å². The van der Waals surface area contributed by atoms with Crippen LogP contribution in [0.4, 0.5) is 0 Å². The van der Waals surface area contributed by atoms with Crippen LogP contribution in [-0.2, 0) is 0 Å². The van der Waals surface area contributed by atoms with Crippen molar-refractivity contribution < 1.29 is 9.84 Å². The number of aliphatic hydroxyl groups is 1. The largest absolute Gasteiger partial charge is 0.493 e. The van der Waals surface area contributed by atoms with Gasteiger partial charge in [-0.25, -0.2) is 0 Å². The quantitative estimate of drug-likeness (QED) is 0.392. The highest BCUT2D eigenvalue weighted by molar-refractivity contribution is 5.58. The normalized spacial score (nSPS) is 13.9. The van der Waals surface area contributed by atoms with E-state index in [2.05, 4.69) is 13.5 Å². The zero-order valence-electron chi connectivity index (χ0n) is 14.8. The fourth-order valence-corrected chi connectivity index (χ4v) is 2.32. The van der Waals surface area contributed by atoms with Crippen molar-refractivity contribution in [2.24, 2.45) is 0 Å². The number of rotatable bonds is 12. The van der Waals surface area contributed by atoms with Gasteiger partial charge in [-0.2, -0.15) is 0 Å². The molecule has 2 heteroatoms. The number of unbranched alkanes of at least 4 members (excludes halogenated alkanes) is 6. The number of ether oxygens (including phenoxy) is 1. The molecule has 0 aromatic heterocycles. The average molecular weight is 316 g/mol. The molecule has 0 saturated carbocycles. The number of benzene rings is 1. The summed E-state index contributed by atoms with van der Waals surface area (Å²) in [7, 11) is 0. The average Bonchev–Trinajstić information content (AvgIpc) is 2.56. The van der Waals surface area contributed by atoms with Crippen LogP contribution >= 0.6 is 0 Å². The molecule has 1 rings (SSSR count). The second-order valence-electron chi connectivity index (χ2n) is 6.27. The van der Waals surface area contributed by atoms with Crippen molar-refractivity contribution in [2.75, 3.05) is 6.61 Å². The number of hydrogen-bond acceptors (Lipinski definition) is 2. The highest BCUT2D eigenvalue weighted by Gasteiger charge is 2.10. The Bertz CT molecular complexity index is 474. The van der Waals surface area contributed by atoms with E-state index in [1.165, 1.54) is 44.6 Å². The van der Waals surface area contributed by atoms with Crippen molar-refractivity contribution in [2.45, 2.75) is 64.4 Å². The Labute approximate surface area is 141 Å². The topological polar surface area (TPSA) is 29.5 Å². The first kappa shape index (κ1) is 19.5. The van der Waals surface area contributed by atoms with Gasteiger partial charge in [0.25, 0.3) is 0 Å².